The van der Waals surface area contributed by atoms with E-state index in [1.165, 1.54) is 17.8 Å². The zero-order valence-corrected chi connectivity index (χ0v) is 10.1. The van der Waals surface area contributed by atoms with Gasteiger partial charge in [-0.15, -0.1) is 0 Å². The predicted octanol–water partition coefficient (Wildman–Crippen LogP) is 0.161. The van der Waals surface area contributed by atoms with Gasteiger partial charge in [0.15, 0.2) is 0 Å². The Bertz CT molecular complexity index is 384. The Morgan fingerprint density at radius 2 is 2.18 bits per heavy atom. The van der Waals surface area contributed by atoms with Gasteiger partial charge in [-0.05, 0) is 6.42 Å². The van der Waals surface area contributed by atoms with Crippen LogP contribution in [0.3, 0.4) is 0 Å². The molecule has 2 aliphatic rings. The molecular formula is C12H20N4O. The Balaban J connectivity index is 1.75. The highest BCUT2D eigenvalue weighted by atomic mass is 16.5. The molecule has 0 aromatic carbocycles. The molecule has 17 heavy (non-hydrogen) atoms. The lowest BCUT2D eigenvalue weighted by Gasteiger charge is -2.26. The first-order valence-corrected chi connectivity index (χ1v) is 6.42. The Labute approximate surface area is 102 Å². The lowest BCUT2D eigenvalue weighted by Crippen LogP contribution is -2.36. The second-order valence-electron chi connectivity index (χ2n) is 4.88. The molecule has 2 aliphatic heterocycles. The van der Waals surface area contributed by atoms with E-state index in [2.05, 4.69) is 14.5 Å². The lowest BCUT2D eigenvalue weighted by atomic mass is 10.0. The maximum absolute atomic E-state index is 5.84. The number of aryl methyl sites for hydroxylation is 1. The third-order valence-corrected chi connectivity index (χ3v) is 3.82. The van der Waals surface area contributed by atoms with Gasteiger partial charge in [0, 0.05) is 44.3 Å². The first-order chi connectivity index (χ1) is 8.38. The predicted molar refractivity (Wildman–Crippen MR) is 64.7 cm³/mol. The minimum Gasteiger partial charge on any atom is -0.379 e. The van der Waals surface area contributed by atoms with Crippen molar-refractivity contribution in [3.63, 3.8) is 0 Å². The normalized spacial score (nSPS) is 25.1. The van der Waals surface area contributed by atoms with E-state index in [4.69, 9.17) is 10.5 Å². The number of hydrogen-bond donors (Lipinski definition) is 1. The van der Waals surface area contributed by atoms with Crippen molar-refractivity contribution in [2.24, 2.45) is 5.73 Å². The molecule has 94 valence electrons. The zero-order chi connectivity index (χ0) is 11.7. The molecular weight excluding hydrogens is 216 g/mol. The molecule has 5 nitrogen and oxygen atoms in total. The average Bonchev–Trinajstić information content (AvgIpc) is 2.93. The van der Waals surface area contributed by atoms with Crippen LogP contribution in [0.25, 0.3) is 0 Å². The van der Waals surface area contributed by atoms with Crippen LogP contribution in [-0.4, -0.2) is 47.3 Å². The van der Waals surface area contributed by atoms with E-state index >= 15 is 0 Å². The van der Waals surface area contributed by atoms with Gasteiger partial charge in [0.2, 0.25) is 0 Å². The molecule has 1 fully saturated rings. The maximum Gasteiger partial charge on any atom is 0.0952 e. The molecule has 0 aliphatic carbocycles. The number of hydrogen-bond acceptors (Lipinski definition) is 4. The Morgan fingerprint density at radius 1 is 1.35 bits per heavy atom. The summed E-state index contributed by atoms with van der Waals surface area (Å²) in [5.41, 5.74) is 8.43. The fraction of sp³-hybridized carbons (Fsp3) is 0.750. The van der Waals surface area contributed by atoms with Gasteiger partial charge in [-0.1, -0.05) is 0 Å². The summed E-state index contributed by atoms with van der Waals surface area (Å²) in [4.78, 5) is 6.97. The van der Waals surface area contributed by atoms with Crippen LogP contribution in [0.1, 0.15) is 23.7 Å². The topological polar surface area (TPSA) is 56.3 Å². The van der Waals surface area contributed by atoms with Gasteiger partial charge in [0.05, 0.1) is 25.2 Å². The molecule has 3 rings (SSSR count). The van der Waals surface area contributed by atoms with Crippen molar-refractivity contribution in [1.29, 1.82) is 0 Å². The molecule has 1 saturated heterocycles. The van der Waals surface area contributed by atoms with Gasteiger partial charge in [0.25, 0.3) is 0 Å². The van der Waals surface area contributed by atoms with Crippen LogP contribution in [-0.2, 0) is 17.8 Å². The standard InChI is InChI=1S/C12H20N4O/c13-7-10-1-2-16-9-14-11(12(10)16)8-15-3-5-17-6-4-15/h9-10H,1-8,13H2. The summed E-state index contributed by atoms with van der Waals surface area (Å²) in [7, 11) is 0. The highest BCUT2D eigenvalue weighted by molar-refractivity contribution is 5.22. The number of imidazole rings is 1. The molecule has 1 atom stereocenters. The summed E-state index contributed by atoms with van der Waals surface area (Å²) in [6.07, 6.45) is 3.14. The molecule has 0 bridgehead atoms. The number of fused-ring (bicyclic) bond motifs is 1. The van der Waals surface area contributed by atoms with Crippen LogP contribution in [0.5, 0.6) is 0 Å². The summed E-state index contributed by atoms with van der Waals surface area (Å²) < 4.78 is 7.64. The number of rotatable bonds is 3. The van der Waals surface area contributed by atoms with Crippen molar-refractivity contribution < 1.29 is 4.74 Å². The second kappa shape index (κ2) is 4.76. The summed E-state index contributed by atoms with van der Waals surface area (Å²) in [6.45, 7) is 6.48. The SMILES string of the molecule is NCC1CCn2cnc(CN3CCOCC3)c21. The molecule has 0 saturated carbocycles. The highest BCUT2D eigenvalue weighted by Gasteiger charge is 2.26. The van der Waals surface area contributed by atoms with Crippen molar-refractivity contribution in [3.05, 3.63) is 17.7 Å². The first kappa shape index (κ1) is 11.2. The maximum atomic E-state index is 5.84. The minimum atomic E-state index is 0.508. The quantitative estimate of drug-likeness (QED) is 0.812. The van der Waals surface area contributed by atoms with E-state index in [1.807, 2.05) is 6.33 Å². The Kier molecular flexibility index (Phi) is 3.13. The molecule has 2 N–H and O–H groups in total. The summed E-state index contributed by atoms with van der Waals surface area (Å²) in [6, 6.07) is 0. The van der Waals surface area contributed by atoms with Crippen molar-refractivity contribution in [2.45, 2.75) is 25.4 Å². The van der Waals surface area contributed by atoms with Crippen LogP contribution in [0.2, 0.25) is 0 Å². The van der Waals surface area contributed by atoms with E-state index in [9.17, 15) is 0 Å². The van der Waals surface area contributed by atoms with Crippen molar-refractivity contribution in [2.75, 3.05) is 32.8 Å². The smallest absolute Gasteiger partial charge is 0.0952 e. The van der Waals surface area contributed by atoms with Crippen LogP contribution < -0.4 is 5.73 Å². The van der Waals surface area contributed by atoms with E-state index in [0.29, 0.717) is 5.92 Å². The lowest BCUT2D eigenvalue weighted by molar-refractivity contribution is 0.0335. The largest absolute Gasteiger partial charge is 0.379 e. The van der Waals surface area contributed by atoms with Gasteiger partial charge in [-0.2, -0.15) is 0 Å². The van der Waals surface area contributed by atoms with Gasteiger partial charge >= 0.3 is 0 Å². The van der Waals surface area contributed by atoms with Crippen LogP contribution >= 0.6 is 0 Å². The first-order valence-electron chi connectivity index (χ1n) is 6.42. The summed E-state index contributed by atoms with van der Waals surface area (Å²) in [5.74, 6) is 0.508. The minimum absolute atomic E-state index is 0.508. The van der Waals surface area contributed by atoms with Crippen molar-refractivity contribution in [3.8, 4) is 0 Å². The van der Waals surface area contributed by atoms with E-state index in [-0.39, 0.29) is 0 Å². The summed E-state index contributed by atoms with van der Waals surface area (Å²) >= 11 is 0. The van der Waals surface area contributed by atoms with Gasteiger partial charge < -0.3 is 15.0 Å². The average molecular weight is 236 g/mol. The molecule has 0 spiro atoms. The second-order valence-corrected chi connectivity index (χ2v) is 4.88. The molecule has 5 heteroatoms. The molecule has 1 unspecified atom stereocenters. The Hall–Kier alpha value is -0.910. The fourth-order valence-corrected chi connectivity index (χ4v) is 2.84. The molecule has 1 aromatic heterocycles. The van der Waals surface area contributed by atoms with Gasteiger partial charge in [-0.25, -0.2) is 4.98 Å². The van der Waals surface area contributed by atoms with E-state index < -0.39 is 0 Å². The molecule has 1 aromatic rings. The number of aromatic nitrogens is 2. The number of nitrogens with two attached hydrogens (primary N) is 1. The van der Waals surface area contributed by atoms with Gasteiger partial charge in [0.1, 0.15) is 0 Å². The highest BCUT2D eigenvalue weighted by Crippen LogP contribution is 2.30. The van der Waals surface area contributed by atoms with Crippen LogP contribution in [0.4, 0.5) is 0 Å². The number of nitrogens with zero attached hydrogens (tertiary/aromatic N) is 3. The van der Waals surface area contributed by atoms with Crippen molar-refractivity contribution in [1.82, 2.24) is 14.5 Å². The third-order valence-electron chi connectivity index (χ3n) is 3.82. The zero-order valence-electron chi connectivity index (χ0n) is 10.1. The third kappa shape index (κ3) is 2.10. The molecule has 3 heterocycles. The Morgan fingerprint density at radius 3 is 2.94 bits per heavy atom. The molecule has 0 radical (unpaired) electrons. The fourth-order valence-electron chi connectivity index (χ4n) is 2.84. The van der Waals surface area contributed by atoms with E-state index in [1.54, 1.807) is 0 Å². The van der Waals surface area contributed by atoms with Crippen LogP contribution in [0, 0.1) is 0 Å². The summed E-state index contributed by atoms with van der Waals surface area (Å²) in [5, 5.41) is 0. The monoisotopic (exact) mass is 236 g/mol. The molecule has 0 amide bonds. The number of ether oxygens (including phenoxy) is 1. The van der Waals surface area contributed by atoms with E-state index in [0.717, 1.165) is 45.9 Å². The van der Waals surface area contributed by atoms with Crippen molar-refractivity contribution >= 4 is 0 Å². The number of morpholine rings is 1. The van der Waals surface area contributed by atoms with Gasteiger partial charge in [-0.3, -0.25) is 4.90 Å². The van der Waals surface area contributed by atoms with Crippen LogP contribution in [0.15, 0.2) is 6.33 Å².